The first-order valence-electron chi connectivity index (χ1n) is 17.1. The number of hydrogen-bond donors (Lipinski definition) is 2. The van der Waals surface area contributed by atoms with Gasteiger partial charge in [0.15, 0.2) is 0 Å². The normalized spacial score (nSPS) is 15.1. The average molecular weight is 619 g/mol. The Bertz CT molecular complexity index is 713. The maximum absolute atomic E-state index is 12.6. The molecular formula is C33H67N2O6P. The molecule has 0 saturated heterocycles. The van der Waals surface area contributed by atoms with Gasteiger partial charge in [0.25, 0.3) is 7.82 Å². The van der Waals surface area contributed by atoms with Gasteiger partial charge in [-0.1, -0.05) is 129 Å². The molecule has 0 rings (SSSR count). The smallest absolute Gasteiger partial charge is 0.268 e. The van der Waals surface area contributed by atoms with E-state index in [1.807, 2.05) is 27.2 Å². The lowest BCUT2D eigenvalue weighted by Gasteiger charge is -2.29. The molecule has 0 aliphatic carbocycles. The lowest BCUT2D eigenvalue weighted by Crippen LogP contribution is -2.45. The maximum atomic E-state index is 12.6. The van der Waals surface area contributed by atoms with E-state index in [1.165, 1.54) is 83.5 Å². The summed E-state index contributed by atoms with van der Waals surface area (Å²) in [6, 6.07) is -0.875. The molecule has 0 aromatic rings. The summed E-state index contributed by atoms with van der Waals surface area (Å²) in [6.45, 7) is 4.56. The molecule has 42 heavy (non-hydrogen) atoms. The molecule has 0 heterocycles. The van der Waals surface area contributed by atoms with Crippen molar-refractivity contribution in [2.45, 2.75) is 154 Å². The number of likely N-dealkylation sites (N-methyl/N-ethyl adjacent to an activating group) is 1. The summed E-state index contributed by atoms with van der Waals surface area (Å²) >= 11 is 0. The van der Waals surface area contributed by atoms with Gasteiger partial charge < -0.3 is 28.8 Å². The van der Waals surface area contributed by atoms with Crippen LogP contribution in [-0.2, 0) is 18.4 Å². The van der Waals surface area contributed by atoms with Crippen molar-refractivity contribution < 1.29 is 32.9 Å². The fraction of sp³-hybridized carbons (Fsp3) is 0.909. The Labute approximate surface area is 259 Å². The van der Waals surface area contributed by atoms with Gasteiger partial charge in [0.05, 0.1) is 39.9 Å². The van der Waals surface area contributed by atoms with Crippen molar-refractivity contribution in [1.82, 2.24) is 5.32 Å². The zero-order chi connectivity index (χ0) is 31.5. The molecule has 0 spiro atoms. The Morgan fingerprint density at radius 3 is 1.79 bits per heavy atom. The average Bonchev–Trinajstić information content (AvgIpc) is 2.92. The van der Waals surface area contributed by atoms with Gasteiger partial charge in [-0.3, -0.25) is 9.36 Å². The van der Waals surface area contributed by atoms with Crippen molar-refractivity contribution in [3.63, 3.8) is 0 Å². The molecule has 0 aromatic carbocycles. The van der Waals surface area contributed by atoms with Gasteiger partial charge >= 0.3 is 0 Å². The van der Waals surface area contributed by atoms with Crippen LogP contribution in [0.25, 0.3) is 0 Å². The molecule has 0 saturated carbocycles. The Morgan fingerprint density at radius 1 is 0.810 bits per heavy atom. The number of quaternary nitrogens is 1. The number of carbonyl (C=O) groups is 1. The van der Waals surface area contributed by atoms with Gasteiger partial charge in [-0.25, -0.2) is 0 Å². The number of hydrogen-bond acceptors (Lipinski definition) is 6. The van der Waals surface area contributed by atoms with E-state index in [1.54, 1.807) is 6.08 Å². The highest BCUT2D eigenvalue weighted by atomic mass is 31.2. The summed E-state index contributed by atoms with van der Waals surface area (Å²) < 4.78 is 22.9. The fourth-order valence-electron chi connectivity index (χ4n) is 4.68. The summed E-state index contributed by atoms with van der Waals surface area (Å²) in [7, 11) is 1.26. The summed E-state index contributed by atoms with van der Waals surface area (Å²) in [5, 5.41) is 13.6. The van der Waals surface area contributed by atoms with Crippen LogP contribution in [0.1, 0.15) is 142 Å². The van der Waals surface area contributed by atoms with Crippen LogP contribution < -0.4 is 10.2 Å². The third kappa shape index (κ3) is 28.0. The fourth-order valence-corrected chi connectivity index (χ4v) is 5.40. The maximum Gasteiger partial charge on any atom is 0.268 e. The van der Waals surface area contributed by atoms with E-state index in [0.29, 0.717) is 17.4 Å². The Morgan fingerprint density at radius 2 is 1.29 bits per heavy atom. The van der Waals surface area contributed by atoms with Gasteiger partial charge in [-0.2, -0.15) is 0 Å². The SMILES string of the molecule is CCCCCCCCCCCCC/C=C/C(O)C(COP(=O)([O-])OCC[N+](C)(C)C)NC(=O)CCCCCCCCC. The molecule has 1 amide bonds. The highest BCUT2D eigenvalue weighted by Gasteiger charge is 2.23. The molecule has 0 radical (unpaired) electrons. The third-order valence-electron chi connectivity index (χ3n) is 7.50. The number of amides is 1. The number of phosphoric ester groups is 1. The van der Waals surface area contributed by atoms with Crippen molar-refractivity contribution in [2.75, 3.05) is 40.9 Å². The number of carbonyl (C=O) groups excluding carboxylic acids is 1. The van der Waals surface area contributed by atoms with E-state index in [9.17, 15) is 19.4 Å². The zero-order valence-electron chi connectivity index (χ0n) is 28.0. The number of phosphoric acid groups is 1. The minimum atomic E-state index is -4.56. The third-order valence-corrected chi connectivity index (χ3v) is 8.46. The van der Waals surface area contributed by atoms with Crippen LogP contribution in [0.15, 0.2) is 12.2 Å². The number of aliphatic hydroxyl groups excluding tert-OH is 1. The predicted octanol–water partition coefficient (Wildman–Crippen LogP) is 7.44. The van der Waals surface area contributed by atoms with E-state index in [0.717, 1.165) is 38.5 Å². The molecule has 0 bridgehead atoms. The second-order valence-electron chi connectivity index (χ2n) is 12.9. The van der Waals surface area contributed by atoms with Crippen LogP contribution in [0.5, 0.6) is 0 Å². The molecule has 3 atom stereocenters. The number of aliphatic hydroxyl groups is 1. The van der Waals surface area contributed by atoms with Gasteiger partial charge in [0, 0.05) is 6.42 Å². The van der Waals surface area contributed by atoms with Crippen molar-refractivity contribution in [3.8, 4) is 0 Å². The molecule has 3 unspecified atom stereocenters. The van der Waals surface area contributed by atoms with E-state index in [2.05, 4.69) is 19.2 Å². The van der Waals surface area contributed by atoms with Gasteiger partial charge in [0.2, 0.25) is 5.91 Å². The number of rotatable bonds is 30. The molecule has 0 aliphatic heterocycles. The van der Waals surface area contributed by atoms with E-state index < -0.39 is 20.0 Å². The zero-order valence-corrected chi connectivity index (χ0v) is 28.9. The van der Waals surface area contributed by atoms with Gasteiger partial charge in [-0.15, -0.1) is 0 Å². The quantitative estimate of drug-likeness (QED) is 0.0375. The second kappa shape index (κ2) is 26.6. The molecule has 0 fully saturated rings. The molecular weight excluding hydrogens is 551 g/mol. The standard InChI is InChI=1S/C33H67N2O6P/c1-6-8-10-12-14-15-16-17-18-19-21-22-24-26-32(36)31(30-41-42(38,39)40-29-28-35(3,4)5)34-33(37)27-25-23-20-13-11-9-7-2/h24,26,31-32,36H,6-23,25,27-30H2,1-5H3,(H-,34,37,38,39)/b26-24+. The van der Waals surface area contributed by atoms with Crippen molar-refractivity contribution >= 4 is 13.7 Å². The molecule has 0 aromatic heterocycles. The summed E-state index contributed by atoms with van der Waals surface area (Å²) in [5.41, 5.74) is 0. The predicted molar refractivity (Wildman–Crippen MR) is 173 cm³/mol. The second-order valence-corrected chi connectivity index (χ2v) is 14.3. The Hall–Kier alpha value is -0.760. The topological polar surface area (TPSA) is 108 Å². The van der Waals surface area contributed by atoms with Crippen LogP contribution in [0.2, 0.25) is 0 Å². The number of unbranched alkanes of at least 4 members (excludes halogenated alkanes) is 17. The number of allylic oxidation sites excluding steroid dienone is 1. The van der Waals surface area contributed by atoms with E-state index in [4.69, 9.17) is 9.05 Å². The summed E-state index contributed by atoms with van der Waals surface area (Å²) in [5.74, 6) is -0.207. The highest BCUT2D eigenvalue weighted by Crippen LogP contribution is 2.38. The molecule has 8 nitrogen and oxygen atoms in total. The summed E-state index contributed by atoms with van der Waals surface area (Å²) in [6.07, 6.45) is 25.5. The van der Waals surface area contributed by atoms with Crippen LogP contribution >= 0.6 is 7.82 Å². The van der Waals surface area contributed by atoms with Crippen molar-refractivity contribution in [3.05, 3.63) is 12.2 Å². The first-order chi connectivity index (χ1) is 20.0. The Balaban J connectivity index is 4.58. The minimum absolute atomic E-state index is 0.000967. The van der Waals surface area contributed by atoms with E-state index in [-0.39, 0.29) is 19.1 Å². The molecule has 2 N–H and O–H groups in total. The summed E-state index contributed by atoms with van der Waals surface area (Å²) in [4.78, 5) is 24.9. The van der Waals surface area contributed by atoms with Crippen molar-refractivity contribution in [1.29, 1.82) is 0 Å². The van der Waals surface area contributed by atoms with Crippen LogP contribution in [0, 0.1) is 0 Å². The lowest BCUT2D eigenvalue weighted by molar-refractivity contribution is -0.870. The molecule has 250 valence electrons. The van der Waals surface area contributed by atoms with Crippen molar-refractivity contribution in [2.24, 2.45) is 0 Å². The largest absolute Gasteiger partial charge is 0.756 e. The minimum Gasteiger partial charge on any atom is -0.756 e. The van der Waals surface area contributed by atoms with Gasteiger partial charge in [-0.05, 0) is 19.3 Å². The molecule has 9 heteroatoms. The Kier molecular flexibility index (Phi) is 26.1. The lowest BCUT2D eigenvalue weighted by atomic mass is 10.0. The highest BCUT2D eigenvalue weighted by molar-refractivity contribution is 7.45. The van der Waals surface area contributed by atoms with E-state index >= 15 is 0 Å². The number of nitrogens with one attached hydrogen (secondary N) is 1. The monoisotopic (exact) mass is 618 g/mol. The van der Waals surface area contributed by atoms with Crippen LogP contribution in [-0.4, -0.2) is 68.5 Å². The first kappa shape index (κ1) is 41.2. The molecule has 0 aliphatic rings. The van der Waals surface area contributed by atoms with Crippen LogP contribution in [0.4, 0.5) is 0 Å². The van der Waals surface area contributed by atoms with Gasteiger partial charge in [0.1, 0.15) is 13.2 Å². The van der Waals surface area contributed by atoms with Crippen LogP contribution in [0.3, 0.4) is 0 Å². The first-order valence-corrected chi connectivity index (χ1v) is 18.5. The number of nitrogens with zero attached hydrogens (tertiary/aromatic N) is 1.